The van der Waals surface area contributed by atoms with Gasteiger partial charge in [0.15, 0.2) is 12.0 Å². The highest BCUT2D eigenvalue weighted by Gasteiger charge is 2.47. The second kappa shape index (κ2) is 5.42. The summed E-state index contributed by atoms with van der Waals surface area (Å²) < 4.78 is 14.9. The van der Waals surface area contributed by atoms with Crippen LogP contribution in [-0.2, 0) is 28.6 Å². The molecule has 0 radical (unpaired) electrons. The molecule has 106 valence electrons. The fraction of sp³-hybridized carbons (Fsp3) is 0.615. The third kappa shape index (κ3) is 4.08. The summed E-state index contributed by atoms with van der Waals surface area (Å²) >= 11 is 0. The maximum absolute atomic E-state index is 11.9. The first-order chi connectivity index (χ1) is 8.61. The first-order valence-corrected chi connectivity index (χ1v) is 5.88. The Balaban J connectivity index is 2.77. The van der Waals surface area contributed by atoms with E-state index in [9.17, 15) is 14.4 Å². The fourth-order valence-corrected chi connectivity index (χ4v) is 1.46. The molecule has 0 saturated carbocycles. The smallest absolute Gasteiger partial charge is 0.333 e. The molecule has 1 saturated heterocycles. The minimum absolute atomic E-state index is 0.151. The summed E-state index contributed by atoms with van der Waals surface area (Å²) in [5.41, 5.74) is -0.551. The second-order valence-corrected chi connectivity index (χ2v) is 5.37. The van der Waals surface area contributed by atoms with Crippen molar-refractivity contribution >= 4 is 17.9 Å². The number of carbonyl (C=O) groups is 3. The largest absolute Gasteiger partial charge is 0.461 e. The van der Waals surface area contributed by atoms with Crippen molar-refractivity contribution in [1.29, 1.82) is 0 Å². The Morgan fingerprint density at radius 3 is 2.42 bits per heavy atom. The molecule has 0 aromatic carbocycles. The molecule has 19 heavy (non-hydrogen) atoms. The maximum Gasteiger partial charge on any atom is 0.333 e. The van der Waals surface area contributed by atoms with Gasteiger partial charge < -0.3 is 14.2 Å². The van der Waals surface area contributed by atoms with Gasteiger partial charge in [0, 0.05) is 5.57 Å². The fourth-order valence-electron chi connectivity index (χ4n) is 1.46. The first-order valence-electron chi connectivity index (χ1n) is 5.88. The molecule has 1 aliphatic heterocycles. The molecule has 0 bridgehead atoms. The average molecular weight is 270 g/mol. The van der Waals surface area contributed by atoms with Crippen LogP contribution in [0.25, 0.3) is 0 Å². The van der Waals surface area contributed by atoms with Gasteiger partial charge in [0.1, 0.15) is 12.2 Å². The highest BCUT2D eigenvalue weighted by Crippen LogP contribution is 2.23. The first kappa shape index (κ1) is 15.2. The van der Waals surface area contributed by atoms with Crippen LogP contribution in [0.1, 0.15) is 27.7 Å². The zero-order valence-corrected chi connectivity index (χ0v) is 11.5. The number of cyclic esters (lactones) is 1. The zero-order valence-electron chi connectivity index (χ0n) is 11.5. The Morgan fingerprint density at radius 1 is 1.37 bits per heavy atom. The molecule has 0 spiro atoms. The van der Waals surface area contributed by atoms with Crippen molar-refractivity contribution in [1.82, 2.24) is 0 Å². The molecule has 1 rings (SSSR count). The van der Waals surface area contributed by atoms with Gasteiger partial charge >= 0.3 is 17.9 Å². The van der Waals surface area contributed by atoms with Crippen molar-refractivity contribution in [2.75, 3.05) is 6.61 Å². The summed E-state index contributed by atoms with van der Waals surface area (Å²) in [5.74, 6) is -3.40. The van der Waals surface area contributed by atoms with Crippen LogP contribution < -0.4 is 0 Å². The Labute approximate surface area is 111 Å². The molecule has 1 aliphatic rings. The average Bonchev–Trinajstić information content (AvgIpc) is 2.56. The second-order valence-electron chi connectivity index (χ2n) is 5.37. The van der Waals surface area contributed by atoms with Crippen molar-refractivity contribution in [3.63, 3.8) is 0 Å². The van der Waals surface area contributed by atoms with Gasteiger partial charge in [-0.25, -0.2) is 4.79 Å². The van der Waals surface area contributed by atoms with Gasteiger partial charge in [0.2, 0.25) is 0 Å². The van der Waals surface area contributed by atoms with E-state index < -0.39 is 35.5 Å². The van der Waals surface area contributed by atoms with E-state index in [1.807, 2.05) is 0 Å². The third-order valence-electron chi connectivity index (χ3n) is 2.28. The van der Waals surface area contributed by atoms with Crippen molar-refractivity contribution in [2.45, 2.75) is 39.4 Å². The van der Waals surface area contributed by atoms with E-state index in [4.69, 9.17) is 14.2 Å². The molecule has 6 heteroatoms. The number of hydrogen-bond acceptors (Lipinski definition) is 6. The van der Waals surface area contributed by atoms with Crippen molar-refractivity contribution in [3.8, 4) is 0 Å². The number of hydrogen-bond donors (Lipinski definition) is 0. The van der Waals surface area contributed by atoms with E-state index in [1.54, 1.807) is 20.8 Å². The summed E-state index contributed by atoms with van der Waals surface area (Å²) in [5, 5.41) is 0. The van der Waals surface area contributed by atoms with Crippen LogP contribution in [0.4, 0.5) is 0 Å². The Kier molecular flexibility index (Phi) is 4.34. The zero-order chi connectivity index (χ0) is 14.8. The van der Waals surface area contributed by atoms with Crippen LogP contribution in [0.5, 0.6) is 0 Å². The van der Waals surface area contributed by atoms with Gasteiger partial charge in [0.05, 0.1) is 0 Å². The van der Waals surface area contributed by atoms with Gasteiger partial charge in [-0.3, -0.25) is 9.59 Å². The molecule has 0 aromatic heterocycles. The van der Waals surface area contributed by atoms with Crippen LogP contribution >= 0.6 is 0 Å². The Morgan fingerprint density at radius 2 is 1.95 bits per heavy atom. The predicted octanol–water partition coefficient (Wildman–Crippen LogP) is 0.989. The van der Waals surface area contributed by atoms with Gasteiger partial charge in [-0.2, -0.15) is 0 Å². The Hall–Kier alpha value is -1.85. The minimum atomic E-state index is -1.23. The SMILES string of the molecule is C=C(C)C(=O)OC1COC(=O)C1C(=O)OC(C)(C)C. The summed E-state index contributed by atoms with van der Waals surface area (Å²) in [7, 11) is 0. The molecule has 2 unspecified atom stereocenters. The van der Waals surface area contributed by atoms with Gasteiger partial charge in [-0.1, -0.05) is 6.58 Å². The van der Waals surface area contributed by atoms with E-state index in [-0.39, 0.29) is 12.2 Å². The van der Waals surface area contributed by atoms with E-state index in [2.05, 4.69) is 6.58 Å². The topological polar surface area (TPSA) is 78.9 Å². The van der Waals surface area contributed by atoms with E-state index in [0.29, 0.717) is 0 Å². The molecule has 0 aromatic rings. The van der Waals surface area contributed by atoms with Gasteiger partial charge in [-0.15, -0.1) is 0 Å². The monoisotopic (exact) mass is 270 g/mol. The predicted molar refractivity (Wildman–Crippen MR) is 65.0 cm³/mol. The number of rotatable bonds is 3. The molecule has 0 aliphatic carbocycles. The van der Waals surface area contributed by atoms with E-state index >= 15 is 0 Å². The van der Waals surface area contributed by atoms with E-state index in [0.717, 1.165) is 0 Å². The summed E-state index contributed by atoms with van der Waals surface area (Å²) in [6.07, 6.45) is -0.966. The van der Waals surface area contributed by atoms with Crippen LogP contribution in [0, 0.1) is 5.92 Å². The summed E-state index contributed by atoms with van der Waals surface area (Å²) in [6.45, 7) is 9.79. The number of carbonyl (C=O) groups excluding carboxylic acids is 3. The highest BCUT2D eigenvalue weighted by molar-refractivity contribution is 5.98. The lowest BCUT2D eigenvalue weighted by Crippen LogP contribution is -2.38. The molecule has 0 amide bonds. The van der Waals surface area contributed by atoms with Crippen LogP contribution in [-0.4, -0.2) is 36.2 Å². The van der Waals surface area contributed by atoms with Gasteiger partial charge in [0.25, 0.3) is 0 Å². The van der Waals surface area contributed by atoms with Gasteiger partial charge in [-0.05, 0) is 27.7 Å². The minimum Gasteiger partial charge on any atom is -0.461 e. The molecule has 2 atom stereocenters. The molecular formula is C13H18O6. The lowest BCUT2D eigenvalue weighted by molar-refractivity contribution is -0.168. The lowest BCUT2D eigenvalue weighted by Gasteiger charge is -2.22. The van der Waals surface area contributed by atoms with Crippen molar-refractivity contribution in [3.05, 3.63) is 12.2 Å². The third-order valence-corrected chi connectivity index (χ3v) is 2.28. The highest BCUT2D eigenvalue weighted by atomic mass is 16.6. The molecular weight excluding hydrogens is 252 g/mol. The summed E-state index contributed by atoms with van der Waals surface area (Å²) in [4.78, 5) is 34.8. The number of esters is 3. The number of ether oxygens (including phenoxy) is 3. The normalized spacial score (nSPS) is 22.6. The molecule has 0 N–H and O–H groups in total. The Bertz CT molecular complexity index is 417. The van der Waals surface area contributed by atoms with Crippen molar-refractivity contribution in [2.24, 2.45) is 5.92 Å². The van der Waals surface area contributed by atoms with Crippen LogP contribution in [0.15, 0.2) is 12.2 Å². The molecule has 1 heterocycles. The molecule has 1 fully saturated rings. The van der Waals surface area contributed by atoms with Crippen molar-refractivity contribution < 1.29 is 28.6 Å². The quantitative estimate of drug-likeness (QED) is 0.329. The summed E-state index contributed by atoms with van der Waals surface area (Å²) in [6, 6.07) is 0. The van der Waals surface area contributed by atoms with E-state index in [1.165, 1.54) is 6.92 Å². The van der Waals surface area contributed by atoms with Crippen LogP contribution in [0.3, 0.4) is 0 Å². The van der Waals surface area contributed by atoms with Crippen LogP contribution in [0.2, 0.25) is 0 Å². The lowest BCUT2D eigenvalue weighted by atomic mass is 10.1. The maximum atomic E-state index is 11.9. The standard InChI is InChI=1S/C13H18O6/c1-7(2)10(14)18-8-6-17-11(15)9(8)12(16)19-13(3,4)5/h8-9H,1,6H2,2-5H3. The molecule has 6 nitrogen and oxygen atoms in total.